The number of hydrogen-bond donors (Lipinski definition) is 1. The van der Waals surface area contributed by atoms with Crippen LogP contribution >= 0.6 is 0 Å². The minimum atomic E-state index is -4.04. The minimum Gasteiger partial charge on any atom is -0.399 e. The molecular weight excluding hydrogens is 328 g/mol. The van der Waals surface area contributed by atoms with Gasteiger partial charge in [-0.25, -0.2) is 4.68 Å². The number of nitrogens with zero attached hydrogens (tertiary/aromatic N) is 4. The minimum absolute atomic E-state index is 0.176. The summed E-state index contributed by atoms with van der Waals surface area (Å²) in [6.07, 6.45) is 3.35. The molecule has 0 bridgehead atoms. The highest BCUT2D eigenvalue weighted by atomic mass is 32.2. The fourth-order valence-electron chi connectivity index (χ4n) is 1.79. The molecule has 23 heavy (non-hydrogen) atoms. The second-order valence-corrected chi connectivity index (χ2v) is 6.50. The molecule has 2 aromatic rings. The SMILES string of the molecule is CN(C)C=NS(=O)(=O)c1cc(N)ccc1-c1cnn(C(F)F)c1. The molecule has 1 aromatic heterocycles. The molecule has 2 N–H and O–H groups in total. The van der Waals surface area contributed by atoms with Crippen molar-refractivity contribution in [3.63, 3.8) is 0 Å². The number of alkyl halides is 2. The summed E-state index contributed by atoms with van der Waals surface area (Å²) in [5, 5.41) is 3.51. The largest absolute Gasteiger partial charge is 0.399 e. The number of halogens is 2. The highest BCUT2D eigenvalue weighted by Crippen LogP contribution is 2.30. The van der Waals surface area contributed by atoms with Crippen molar-refractivity contribution in [1.29, 1.82) is 0 Å². The van der Waals surface area contributed by atoms with Gasteiger partial charge in [0.2, 0.25) is 0 Å². The summed E-state index contributed by atoms with van der Waals surface area (Å²) in [7, 11) is -0.810. The summed E-state index contributed by atoms with van der Waals surface area (Å²) in [6.45, 7) is -2.82. The van der Waals surface area contributed by atoms with Crippen LogP contribution < -0.4 is 5.73 Å². The van der Waals surface area contributed by atoms with Crippen molar-refractivity contribution in [3.05, 3.63) is 30.6 Å². The normalized spacial score (nSPS) is 12.2. The highest BCUT2D eigenvalue weighted by molar-refractivity contribution is 7.90. The van der Waals surface area contributed by atoms with E-state index in [0.29, 0.717) is 4.68 Å². The maximum atomic E-state index is 12.6. The Bertz CT molecular complexity index is 831. The standard InChI is InChI=1S/C13H15F2N5O2S/c1-19(2)8-18-23(21,22)12-5-10(16)3-4-11(12)9-6-17-20(7-9)13(14)15/h3-8,13H,16H2,1-2H3. The van der Waals surface area contributed by atoms with Gasteiger partial charge < -0.3 is 10.6 Å². The van der Waals surface area contributed by atoms with Gasteiger partial charge in [0.1, 0.15) is 6.34 Å². The van der Waals surface area contributed by atoms with Crippen molar-refractivity contribution in [2.75, 3.05) is 19.8 Å². The summed E-state index contributed by atoms with van der Waals surface area (Å²) in [5.41, 5.74) is 6.28. The number of anilines is 1. The first-order valence-electron chi connectivity index (χ1n) is 6.40. The number of nitrogen functional groups attached to an aromatic ring is 1. The number of aromatic nitrogens is 2. The van der Waals surface area contributed by atoms with Crippen LogP contribution in [0.15, 0.2) is 39.9 Å². The molecule has 0 saturated heterocycles. The Morgan fingerprint density at radius 1 is 1.39 bits per heavy atom. The molecule has 1 heterocycles. The Balaban J connectivity index is 2.57. The van der Waals surface area contributed by atoms with Crippen LogP contribution in [0.1, 0.15) is 6.55 Å². The highest BCUT2D eigenvalue weighted by Gasteiger charge is 2.20. The maximum absolute atomic E-state index is 12.6. The van der Waals surface area contributed by atoms with Gasteiger partial charge in [-0.3, -0.25) is 0 Å². The van der Waals surface area contributed by atoms with Crippen LogP contribution in [0.2, 0.25) is 0 Å². The van der Waals surface area contributed by atoms with Crippen molar-refractivity contribution in [3.8, 4) is 11.1 Å². The summed E-state index contributed by atoms with van der Waals surface area (Å²) in [6, 6.07) is 4.14. The van der Waals surface area contributed by atoms with Crippen LogP contribution in [0, 0.1) is 0 Å². The Labute approximate surface area is 132 Å². The lowest BCUT2D eigenvalue weighted by molar-refractivity contribution is 0.0566. The lowest BCUT2D eigenvalue weighted by Gasteiger charge is -2.08. The molecule has 10 heteroatoms. The van der Waals surface area contributed by atoms with E-state index in [1.165, 1.54) is 23.1 Å². The van der Waals surface area contributed by atoms with Crippen LogP contribution in [-0.4, -0.2) is 43.5 Å². The van der Waals surface area contributed by atoms with Crippen molar-refractivity contribution < 1.29 is 17.2 Å². The van der Waals surface area contributed by atoms with Crippen LogP contribution in [0.4, 0.5) is 14.5 Å². The van der Waals surface area contributed by atoms with E-state index in [1.807, 2.05) is 0 Å². The molecule has 0 fully saturated rings. The van der Waals surface area contributed by atoms with Gasteiger partial charge in [0, 0.05) is 37.1 Å². The van der Waals surface area contributed by atoms with Gasteiger partial charge in [-0.15, -0.1) is 4.40 Å². The molecule has 0 aliphatic carbocycles. The van der Waals surface area contributed by atoms with E-state index in [4.69, 9.17) is 5.73 Å². The van der Waals surface area contributed by atoms with E-state index < -0.39 is 16.6 Å². The number of rotatable bonds is 5. The average molecular weight is 343 g/mol. The molecule has 7 nitrogen and oxygen atoms in total. The van der Waals surface area contributed by atoms with Crippen molar-refractivity contribution in [1.82, 2.24) is 14.7 Å². The first-order valence-corrected chi connectivity index (χ1v) is 7.84. The lowest BCUT2D eigenvalue weighted by Crippen LogP contribution is -2.10. The first kappa shape index (κ1) is 16.9. The third-order valence-electron chi connectivity index (χ3n) is 2.81. The van der Waals surface area contributed by atoms with Crippen LogP contribution in [0.25, 0.3) is 11.1 Å². The van der Waals surface area contributed by atoms with Gasteiger partial charge in [-0.1, -0.05) is 6.07 Å². The molecule has 0 unspecified atom stereocenters. The molecule has 124 valence electrons. The quantitative estimate of drug-likeness (QED) is 0.508. The molecule has 2 rings (SSSR count). The van der Waals surface area contributed by atoms with Crippen LogP contribution in [0.3, 0.4) is 0 Å². The Kier molecular flexibility index (Phi) is 4.64. The molecular formula is C13H15F2N5O2S. The number of sulfonamides is 1. The van der Waals surface area contributed by atoms with E-state index in [-0.39, 0.29) is 21.7 Å². The summed E-state index contributed by atoms with van der Waals surface area (Å²) < 4.78 is 54.0. The van der Waals surface area contributed by atoms with E-state index in [2.05, 4.69) is 9.50 Å². The summed E-state index contributed by atoms with van der Waals surface area (Å²) in [4.78, 5) is 1.28. The summed E-state index contributed by atoms with van der Waals surface area (Å²) >= 11 is 0. The van der Waals surface area contributed by atoms with Gasteiger partial charge in [0.05, 0.1) is 11.1 Å². The van der Waals surface area contributed by atoms with E-state index >= 15 is 0 Å². The van der Waals surface area contributed by atoms with E-state index in [1.54, 1.807) is 14.1 Å². The van der Waals surface area contributed by atoms with Crippen molar-refractivity contribution in [2.45, 2.75) is 11.4 Å². The molecule has 1 aromatic carbocycles. The second kappa shape index (κ2) is 6.32. The zero-order chi connectivity index (χ0) is 17.2. The van der Waals surface area contributed by atoms with Crippen molar-refractivity contribution >= 4 is 22.0 Å². The smallest absolute Gasteiger partial charge is 0.333 e. The predicted octanol–water partition coefficient (Wildman–Crippen LogP) is 1.81. The zero-order valence-corrected chi connectivity index (χ0v) is 13.2. The third kappa shape index (κ3) is 3.83. The summed E-state index contributed by atoms with van der Waals surface area (Å²) in [5.74, 6) is 0. The molecule has 0 atom stereocenters. The molecule has 0 aliphatic rings. The van der Waals surface area contributed by atoms with Gasteiger partial charge in [-0.2, -0.15) is 22.3 Å². The van der Waals surface area contributed by atoms with Gasteiger partial charge in [0.15, 0.2) is 0 Å². The van der Waals surface area contributed by atoms with E-state index in [9.17, 15) is 17.2 Å². The first-order chi connectivity index (χ1) is 10.7. The molecule has 0 spiro atoms. The van der Waals surface area contributed by atoms with Gasteiger partial charge >= 0.3 is 6.55 Å². The Morgan fingerprint density at radius 2 is 2.09 bits per heavy atom. The zero-order valence-electron chi connectivity index (χ0n) is 12.4. The van der Waals surface area contributed by atoms with Crippen molar-refractivity contribution in [2.24, 2.45) is 4.40 Å². The van der Waals surface area contributed by atoms with E-state index in [0.717, 1.165) is 18.7 Å². The monoisotopic (exact) mass is 343 g/mol. The number of hydrogen-bond acceptors (Lipinski definition) is 4. The molecule has 0 amide bonds. The van der Waals surface area contributed by atoms with Gasteiger partial charge in [-0.05, 0) is 12.1 Å². The van der Waals surface area contributed by atoms with Crippen LogP contribution in [-0.2, 0) is 10.0 Å². The van der Waals surface area contributed by atoms with Gasteiger partial charge in [0.25, 0.3) is 10.0 Å². The Hall–Kier alpha value is -2.49. The molecule has 0 radical (unpaired) electrons. The second-order valence-electron chi connectivity index (χ2n) is 4.90. The number of nitrogens with two attached hydrogens (primary N) is 1. The molecule has 0 saturated carbocycles. The lowest BCUT2D eigenvalue weighted by atomic mass is 10.1. The number of benzene rings is 1. The third-order valence-corrected chi connectivity index (χ3v) is 4.08. The molecule has 0 aliphatic heterocycles. The van der Waals surface area contributed by atoms with Crippen LogP contribution in [0.5, 0.6) is 0 Å². The topological polar surface area (TPSA) is 93.6 Å². The Morgan fingerprint density at radius 3 is 2.65 bits per heavy atom. The fourth-order valence-corrected chi connectivity index (χ4v) is 2.96. The average Bonchev–Trinajstić information content (AvgIpc) is 2.95. The predicted molar refractivity (Wildman–Crippen MR) is 82.7 cm³/mol. The maximum Gasteiger partial charge on any atom is 0.333 e. The fraction of sp³-hybridized carbons (Fsp3) is 0.231.